The first-order valence-electron chi connectivity index (χ1n) is 8.62. The quantitative estimate of drug-likeness (QED) is 0.277. The molecule has 0 bridgehead atoms. The number of ether oxygens (including phenoxy) is 3. The highest BCUT2D eigenvalue weighted by Gasteiger charge is 2.49. The van der Waals surface area contributed by atoms with Crippen molar-refractivity contribution in [3.05, 3.63) is 33.9 Å². The van der Waals surface area contributed by atoms with Crippen molar-refractivity contribution in [2.45, 2.75) is 32.0 Å². The Morgan fingerprint density at radius 1 is 1.30 bits per heavy atom. The van der Waals surface area contributed by atoms with Crippen molar-refractivity contribution in [2.75, 3.05) is 20.4 Å². The number of hydroxylamine groups is 2. The molecular weight excluding hydrogens is 435 g/mol. The molecule has 30 heavy (non-hydrogen) atoms. The van der Waals surface area contributed by atoms with Crippen LogP contribution in [0.4, 0.5) is 13.2 Å². The average Bonchev–Trinajstić information content (AvgIpc) is 2.63. The van der Waals surface area contributed by atoms with E-state index in [2.05, 4.69) is 14.3 Å². The number of nitrogens with zero attached hydrogens (tertiary/aromatic N) is 1. The molecule has 1 heterocycles. The van der Waals surface area contributed by atoms with Crippen molar-refractivity contribution in [1.82, 2.24) is 5.23 Å². The Kier molecular flexibility index (Phi) is 8.07. The first-order valence-corrected chi connectivity index (χ1v) is 9.00. The molecule has 0 aliphatic carbocycles. The molecule has 166 valence electrons. The van der Waals surface area contributed by atoms with E-state index < -0.39 is 36.6 Å². The number of benzene rings is 1. The van der Waals surface area contributed by atoms with Crippen LogP contribution in [0.1, 0.15) is 24.0 Å². The summed E-state index contributed by atoms with van der Waals surface area (Å²) in [5.74, 6) is -2.15. The number of hydrogen-bond donors (Lipinski definition) is 1. The van der Waals surface area contributed by atoms with Crippen molar-refractivity contribution in [3.8, 4) is 5.75 Å². The maximum Gasteiger partial charge on any atom is 0.430 e. The largest absolute Gasteiger partial charge is 0.475 e. The van der Waals surface area contributed by atoms with Crippen molar-refractivity contribution in [2.24, 2.45) is 0 Å². The van der Waals surface area contributed by atoms with E-state index in [-0.39, 0.29) is 35.8 Å². The summed E-state index contributed by atoms with van der Waals surface area (Å²) in [5.41, 5.74) is -0.230. The second-order valence-corrected chi connectivity index (χ2v) is 6.68. The fourth-order valence-electron chi connectivity index (χ4n) is 2.58. The highest BCUT2D eigenvalue weighted by atomic mass is 35.5. The Bertz CT molecular complexity index is 827. The molecule has 1 N–H and O–H groups in total. The lowest BCUT2D eigenvalue weighted by molar-refractivity contribution is -0.323. The molecule has 0 spiro atoms. The Balaban J connectivity index is 2.01. The van der Waals surface area contributed by atoms with Gasteiger partial charge in [0.15, 0.2) is 0 Å². The van der Waals surface area contributed by atoms with E-state index in [9.17, 15) is 22.8 Å². The monoisotopic (exact) mass is 453 g/mol. The van der Waals surface area contributed by atoms with E-state index >= 15 is 0 Å². The van der Waals surface area contributed by atoms with Crippen molar-refractivity contribution in [1.29, 1.82) is 0 Å². The Morgan fingerprint density at radius 3 is 2.63 bits per heavy atom. The summed E-state index contributed by atoms with van der Waals surface area (Å²) in [5, 5.41) is 9.48. The lowest BCUT2D eigenvalue weighted by Gasteiger charge is -2.28. The normalized spacial score (nSPS) is 15.9. The molecule has 12 heteroatoms. The fraction of sp³-hybridized carbons (Fsp3) is 0.444. The predicted molar refractivity (Wildman–Crippen MR) is 96.4 cm³/mol. The summed E-state index contributed by atoms with van der Waals surface area (Å²) in [6.45, 7) is 0.681. The standard InChI is InChI=1S/C18H19ClF3NO7/c1-10-6-12(19)7-11-8-13(16(18(20,21)22)30-15(10)11)17(25)28-9-27-14(24)4-3-5-29-23(2)26/h6-8,16,26H,3-5,9H2,1-2H3/t16-/m0/s1. The van der Waals surface area contributed by atoms with Gasteiger partial charge in [0, 0.05) is 24.1 Å². The van der Waals surface area contributed by atoms with Gasteiger partial charge in [0.1, 0.15) is 5.75 Å². The fourth-order valence-corrected chi connectivity index (χ4v) is 2.86. The Labute approximate surface area is 174 Å². The second-order valence-electron chi connectivity index (χ2n) is 6.25. The van der Waals surface area contributed by atoms with E-state index in [1.807, 2.05) is 0 Å². The Morgan fingerprint density at radius 2 is 2.00 bits per heavy atom. The van der Waals surface area contributed by atoms with Gasteiger partial charge >= 0.3 is 18.1 Å². The third-order valence-electron chi connectivity index (χ3n) is 3.84. The number of carbonyl (C=O) groups is 2. The summed E-state index contributed by atoms with van der Waals surface area (Å²) in [7, 11) is 1.24. The number of hydrogen-bond acceptors (Lipinski definition) is 8. The minimum atomic E-state index is -4.88. The lowest BCUT2D eigenvalue weighted by Crippen LogP contribution is -2.41. The molecule has 1 aliphatic rings. The van der Waals surface area contributed by atoms with Crippen LogP contribution >= 0.6 is 11.6 Å². The van der Waals surface area contributed by atoms with Crippen LogP contribution in [0, 0.1) is 6.92 Å². The van der Waals surface area contributed by atoms with E-state index in [1.54, 1.807) is 0 Å². The summed E-state index contributed by atoms with van der Waals surface area (Å²) < 4.78 is 54.6. The summed E-state index contributed by atoms with van der Waals surface area (Å²) in [4.78, 5) is 28.4. The van der Waals surface area contributed by atoms with Gasteiger partial charge in [0.05, 0.1) is 12.2 Å². The van der Waals surface area contributed by atoms with E-state index in [4.69, 9.17) is 21.5 Å². The molecule has 0 saturated heterocycles. The van der Waals surface area contributed by atoms with Crippen LogP contribution < -0.4 is 4.74 Å². The number of carbonyl (C=O) groups excluding carboxylic acids is 2. The van der Waals surface area contributed by atoms with Crippen LogP contribution in [0.25, 0.3) is 6.08 Å². The third kappa shape index (κ3) is 6.59. The van der Waals surface area contributed by atoms with Crippen LogP contribution in [0.3, 0.4) is 0 Å². The van der Waals surface area contributed by atoms with E-state index in [0.29, 0.717) is 10.8 Å². The van der Waals surface area contributed by atoms with Gasteiger partial charge in [-0.1, -0.05) is 16.8 Å². The van der Waals surface area contributed by atoms with Gasteiger partial charge in [-0.25, -0.2) is 4.79 Å². The number of fused-ring (bicyclic) bond motifs is 1. The zero-order valence-corrected chi connectivity index (χ0v) is 16.7. The van der Waals surface area contributed by atoms with Gasteiger partial charge < -0.3 is 14.2 Å². The van der Waals surface area contributed by atoms with E-state index in [0.717, 1.165) is 6.08 Å². The Hall–Kier alpha value is -2.34. The van der Waals surface area contributed by atoms with Gasteiger partial charge in [-0.2, -0.15) is 13.2 Å². The molecule has 8 nitrogen and oxygen atoms in total. The van der Waals surface area contributed by atoms with Gasteiger partial charge in [0.2, 0.25) is 12.9 Å². The number of esters is 2. The average molecular weight is 454 g/mol. The molecule has 0 saturated carbocycles. The number of aryl methyl sites for hydroxylation is 1. The summed E-state index contributed by atoms with van der Waals surface area (Å²) in [6, 6.07) is 2.80. The minimum absolute atomic E-state index is 0.0285. The molecule has 2 rings (SSSR count). The number of alkyl halides is 3. The van der Waals surface area contributed by atoms with Gasteiger partial charge in [-0.15, -0.1) is 0 Å². The zero-order valence-electron chi connectivity index (χ0n) is 16.0. The molecule has 0 radical (unpaired) electrons. The molecule has 0 aromatic heterocycles. The number of halogens is 4. The van der Waals surface area contributed by atoms with E-state index in [1.165, 1.54) is 26.1 Å². The van der Waals surface area contributed by atoms with Gasteiger partial charge in [-0.3, -0.25) is 14.8 Å². The second kappa shape index (κ2) is 10.1. The lowest BCUT2D eigenvalue weighted by atomic mass is 9.99. The SMILES string of the molecule is Cc1cc(Cl)cc2c1O[C@H](C(F)(F)F)C(C(=O)OCOC(=O)CCCON(C)O)=C2. The molecule has 1 aromatic rings. The molecule has 1 aliphatic heterocycles. The van der Waals surface area contributed by atoms with Crippen LogP contribution in [0.2, 0.25) is 5.02 Å². The molecular formula is C18H19ClF3NO7. The zero-order chi connectivity index (χ0) is 22.5. The highest BCUT2D eigenvalue weighted by Crippen LogP contribution is 2.40. The maximum absolute atomic E-state index is 13.4. The van der Waals surface area contributed by atoms with Crippen LogP contribution in [-0.4, -0.2) is 55.1 Å². The van der Waals surface area contributed by atoms with Gasteiger partial charge in [-0.05, 0) is 37.1 Å². The predicted octanol–water partition coefficient (Wildman–Crippen LogP) is 3.43. The minimum Gasteiger partial charge on any atom is -0.475 e. The maximum atomic E-state index is 13.4. The van der Waals surface area contributed by atoms with Gasteiger partial charge in [0.25, 0.3) is 0 Å². The molecule has 0 fully saturated rings. The molecule has 0 unspecified atom stereocenters. The van der Waals surface area contributed by atoms with Crippen molar-refractivity contribution >= 4 is 29.6 Å². The highest BCUT2D eigenvalue weighted by molar-refractivity contribution is 6.30. The number of rotatable bonds is 8. The molecule has 1 atom stereocenters. The smallest absolute Gasteiger partial charge is 0.430 e. The molecule has 0 amide bonds. The van der Waals surface area contributed by atoms with Crippen molar-refractivity contribution in [3.63, 3.8) is 0 Å². The van der Waals surface area contributed by atoms with Crippen molar-refractivity contribution < 1.29 is 47.0 Å². The molecule has 1 aromatic carbocycles. The summed E-state index contributed by atoms with van der Waals surface area (Å²) >= 11 is 5.92. The van der Waals surface area contributed by atoms with Crippen LogP contribution in [-0.2, 0) is 23.9 Å². The van der Waals surface area contributed by atoms with Crippen LogP contribution in [0.5, 0.6) is 5.75 Å². The van der Waals surface area contributed by atoms with Crippen LogP contribution in [0.15, 0.2) is 17.7 Å². The topological polar surface area (TPSA) is 94.5 Å². The first-order chi connectivity index (χ1) is 14.0. The third-order valence-corrected chi connectivity index (χ3v) is 4.06. The summed E-state index contributed by atoms with van der Waals surface area (Å²) in [6.07, 6.45) is -6.36. The first kappa shape index (κ1) is 23.9.